The standard InChI is InChI=1S/C10H16N4/c1-8-6-9(2)14(13-8)5-4-10(7-11)12-3/h6,10,12H,4-5H2,1-3H3. The lowest BCUT2D eigenvalue weighted by molar-refractivity contribution is 0.508. The summed E-state index contributed by atoms with van der Waals surface area (Å²) in [7, 11) is 1.80. The molecule has 0 aliphatic rings. The second-order valence-corrected chi connectivity index (χ2v) is 3.41. The second-order valence-electron chi connectivity index (χ2n) is 3.41. The number of nitrogens with zero attached hydrogens (tertiary/aromatic N) is 3. The summed E-state index contributed by atoms with van der Waals surface area (Å²) in [6, 6.07) is 4.15. The van der Waals surface area contributed by atoms with Gasteiger partial charge in [0.25, 0.3) is 0 Å². The fraction of sp³-hybridized carbons (Fsp3) is 0.600. The molecule has 14 heavy (non-hydrogen) atoms. The molecule has 0 aliphatic carbocycles. The van der Waals surface area contributed by atoms with Gasteiger partial charge in [0.15, 0.2) is 0 Å². The highest BCUT2D eigenvalue weighted by atomic mass is 15.3. The molecule has 1 N–H and O–H groups in total. The smallest absolute Gasteiger partial charge is 0.0968 e. The van der Waals surface area contributed by atoms with Crippen LogP contribution in [0.15, 0.2) is 6.07 Å². The van der Waals surface area contributed by atoms with Crippen LogP contribution in [-0.4, -0.2) is 22.9 Å². The van der Waals surface area contributed by atoms with E-state index in [1.165, 1.54) is 0 Å². The van der Waals surface area contributed by atoms with E-state index in [-0.39, 0.29) is 6.04 Å². The number of nitrogens with one attached hydrogen (secondary N) is 1. The van der Waals surface area contributed by atoms with Crippen molar-refractivity contribution >= 4 is 0 Å². The molecule has 0 amide bonds. The summed E-state index contributed by atoms with van der Waals surface area (Å²) < 4.78 is 1.94. The summed E-state index contributed by atoms with van der Waals surface area (Å²) in [5, 5.41) is 16.0. The Balaban J connectivity index is 2.53. The predicted octanol–water partition coefficient (Wildman–Crippen LogP) is 1.00. The van der Waals surface area contributed by atoms with Crippen molar-refractivity contribution in [2.75, 3.05) is 7.05 Å². The number of nitriles is 1. The van der Waals surface area contributed by atoms with Crippen molar-refractivity contribution in [3.05, 3.63) is 17.5 Å². The second kappa shape index (κ2) is 4.77. The van der Waals surface area contributed by atoms with Crippen molar-refractivity contribution in [1.29, 1.82) is 5.26 Å². The molecule has 0 aromatic carbocycles. The minimum Gasteiger partial charge on any atom is -0.305 e. The van der Waals surface area contributed by atoms with Gasteiger partial charge in [0, 0.05) is 12.2 Å². The van der Waals surface area contributed by atoms with Crippen LogP contribution in [0.1, 0.15) is 17.8 Å². The summed E-state index contributed by atoms with van der Waals surface area (Å²) in [4.78, 5) is 0. The van der Waals surface area contributed by atoms with Crippen molar-refractivity contribution in [3.8, 4) is 6.07 Å². The Morgan fingerprint density at radius 3 is 2.79 bits per heavy atom. The number of aromatic nitrogens is 2. The first-order valence-corrected chi connectivity index (χ1v) is 4.75. The van der Waals surface area contributed by atoms with Crippen LogP contribution in [0.5, 0.6) is 0 Å². The third kappa shape index (κ3) is 2.57. The maximum absolute atomic E-state index is 8.74. The van der Waals surface area contributed by atoms with Gasteiger partial charge in [-0.2, -0.15) is 10.4 Å². The largest absolute Gasteiger partial charge is 0.305 e. The molecule has 1 unspecified atom stereocenters. The number of hydrogen-bond acceptors (Lipinski definition) is 3. The van der Waals surface area contributed by atoms with Gasteiger partial charge in [-0.3, -0.25) is 4.68 Å². The molecule has 0 aliphatic heterocycles. The summed E-state index contributed by atoms with van der Waals surface area (Å²) in [5.41, 5.74) is 2.18. The molecule has 4 nitrogen and oxygen atoms in total. The molecule has 1 aromatic rings. The van der Waals surface area contributed by atoms with E-state index in [1.54, 1.807) is 7.05 Å². The topological polar surface area (TPSA) is 53.6 Å². The van der Waals surface area contributed by atoms with Gasteiger partial charge in [0.2, 0.25) is 0 Å². The molecule has 1 rings (SSSR count). The van der Waals surface area contributed by atoms with E-state index < -0.39 is 0 Å². The SMILES string of the molecule is CNC(C#N)CCn1nc(C)cc1C. The van der Waals surface area contributed by atoms with Gasteiger partial charge in [0.05, 0.1) is 17.8 Å². The summed E-state index contributed by atoms with van der Waals surface area (Å²) in [6.45, 7) is 4.79. The molecular weight excluding hydrogens is 176 g/mol. The summed E-state index contributed by atoms with van der Waals surface area (Å²) in [6.07, 6.45) is 0.787. The summed E-state index contributed by atoms with van der Waals surface area (Å²) in [5.74, 6) is 0. The van der Waals surface area contributed by atoms with Gasteiger partial charge < -0.3 is 5.32 Å². The highest BCUT2D eigenvalue weighted by Gasteiger charge is 2.06. The molecule has 0 spiro atoms. The third-order valence-electron chi connectivity index (χ3n) is 2.24. The number of rotatable bonds is 4. The maximum atomic E-state index is 8.74. The fourth-order valence-corrected chi connectivity index (χ4v) is 1.43. The quantitative estimate of drug-likeness (QED) is 0.774. The Labute approximate surface area is 84.5 Å². The van der Waals surface area contributed by atoms with Crippen LogP contribution in [-0.2, 0) is 6.54 Å². The first-order valence-electron chi connectivity index (χ1n) is 4.75. The minimum absolute atomic E-state index is 0.0843. The zero-order valence-corrected chi connectivity index (χ0v) is 8.91. The van der Waals surface area contributed by atoms with Crippen LogP contribution in [0.25, 0.3) is 0 Å². The van der Waals surface area contributed by atoms with Crippen LogP contribution < -0.4 is 5.32 Å². The zero-order chi connectivity index (χ0) is 10.6. The van der Waals surface area contributed by atoms with Gasteiger partial charge in [-0.1, -0.05) is 0 Å². The predicted molar refractivity (Wildman–Crippen MR) is 54.8 cm³/mol. The van der Waals surface area contributed by atoms with Crippen molar-refractivity contribution in [1.82, 2.24) is 15.1 Å². The molecule has 0 saturated heterocycles. The Kier molecular flexibility index (Phi) is 3.66. The van der Waals surface area contributed by atoms with E-state index in [1.807, 2.05) is 24.6 Å². The van der Waals surface area contributed by atoms with Gasteiger partial charge in [0.1, 0.15) is 0 Å². The van der Waals surface area contributed by atoms with Crippen LogP contribution >= 0.6 is 0 Å². The first-order chi connectivity index (χ1) is 6.67. The maximum Gasteiger partial charge on any atom is 0.0968 e. The van der Waals surface area contributed by atoms with Crippen molar-refractivity contribution < 1.29 is 0 Å². The van der Waals surface area contributed by atoms with E-state index in [0.29, 0.717) is 0 Å². The minimum atomic E-state index is -0.0843. The van der Waals surface area contributed by atoms with E-state index in [0.717, 1.165) is 24.4 Å². The molecule has 1 atom stereocenters. The van der Waals surface area contributed by atoms with Crippen molar-refractivity contribution in [2.24, 2.45) is 0 Å². The Morgan fingerprint density at radius 1 is 1.64 bits per heavy atom. The van der Waals surface area contributed by atoms with E-state index >= 15 is 0 Å². The van der Waals surface area contributed by atoms with Crippen molar-refractivity contribution in [2.45, 2.75) is 32.9 Å². The molecule has 1 heterocycles. The average Bonchev–Trinajstić information content (AvgIpc) is 2.47. The Morgan fingerprint density at radius 2 is 2.36 bits per heavy atom. The van der Waals surface area contributed by atoms with E-state index in [9.17, 15) is 0 Å². The van der Waals surface area contributed by atoms with Crippen LogP contribution in [0.4, 0.5) is 0 Å². The van der Waals surface area contributed by atoms with Crippen LogP contribution in [0.3, 0.4) is 0 Å². The third-order valence-corrected chi connectivity index (χ3v) is 2.24. The summed E-state index contributed by atoms with van der Waals surface area (Å²) >= 11 is 0. The Hall–Kier alpha value is -1.34. The molecule has 1 aromatic heterocycles. The molecular formula is C10H16N4. The van der Waals surface area contributed by atoms with Crippen LogP contribution in [0, 0.1) is 25.2 Å². The van der Waals surface area contributed by atoms with Gasteiger partial charge >= 0.3 is 0 Å². The number of hydrogen-bond donors (Lipinski definition) is 1. The molecule has 4 heteroatoms. The van der Waals surface area contributed by atoms with Gasteiger partial charge in [-0.05, 0) is 33.4 Å². The highest BCUT2D eigenvalue weighted by Crippen LogP contribution is 2.03. The molecule has 76 valence electrons. The van der Waals surface area contributed by atoms with Gasteiger partial charge in [-0.25, -0.2) is 0 Å². The fourth-order valence-electron chi connectivity index (χ4n) is 1.43. The molecule has 0 saturated carbocycles. The Bertz CT molecular complexity index is 334. The van der Waals surface area contributed by atoms with E-state index in [2.05, 4.69) is 16.5 Å². The monoisotopic (exact) mass is 192 g/mol. The lowest BCUT2D eigenvalue weighted by atomic mass is 10.2. The lowest BCUT2D eigenvalue weighted by Crippen LogP contribution is -2.25. The molecule has 0 fully saturated rings. The van der Waals surface area contributed by atoms with Crippen LogP contribution in [0.2, 0.25) is 0 Å². The lowest BCUT2D eigenvalue weighted by Gasteiger charge is -2.08. The normalized spacial score (nSPS) is 12.4. The first kappa shape index (κ1) is 10.7. The molecule has 0 radical (unpaired) electrons. The van der Waals surface area contributed by atoms with E-state index in [4.69, 9.17) is 5.26 Å². The highest BCUT2D eigenvalue weighted by molar-refractivity contribution is 5.06. The van der Waals surface area contributed by atoms with Crippen molar-refractivity contribution in [3.63, 3.8) is 0 Å². The molecule has 0 bridgehead atoms. The number of aryl methyl sites for hydroxylation is 3. The zero-order valence-electron chi connectivity index (χ0n) is 8.91. The average molecular weight is 192 g/mol. The van der Waals surface area contributed by atoms with Gasteiger partial charge in [-0.15, -0.1) is 0 Å².